The van der Waals surface area contributed by atoms with E-state index in [4.69, 9.17) is 4.74 Å². The lowest BCUT2D eigenvalue weighted by atomic mass is 10.0. The van der Waals surface area contributed by atoms with Gasteiger partial charge in [-0.05, 0) is 48.7 Å². The molecule has 120 valence electrons. The summed E-state index contributed by atoms with van der Waals surface area (Å²) in [4.78, 5) is 23.9. The van der Waals surface area contributed by atoms with Gasteiger partial charge in [-0.2, -0.15) is 0 Å². The number of carbonyl (C=O) groups excluding carboxylic acids is 2. The Morgan fingerprint density at radius 2 is 1.54 bits per heavy atom. The maximum atomic E-state index is 12.6. The van der Waals surface area contributed by atoms with E-state index in [2.05, 4.69) is 5.32 Å². The SMILES string of the molecule is COc1ccc(C(=O)Nc2ccc(C(C)=O)cc2)c2ccccc12. The van der Waals surface area contributed by atoms with Gasteiger partial charge in [0.2, 0.25) is 0 Å². The number of ketones is 1. The average molecular weight is 319 g/mol. The van der Waals surface area contributed by atoms with Crippen LogP contribution >= 0.6 is 0 Å². The molecular formula is C20H17NO3. The Bertz CT molecular complexity index is 914. The molecule has 0 atom stereocenters. The predicted octanol–water partition coefficient (Wildman–Crippen LogP) is 4.30. The molecule has 0 fully saturated rings. The standard InChI is InChI=1S/C20H17NO3/c1-13(22)14-7-9-15(10-8-14)21-20(23)18-11-12-19(24-2)17-6-4-3-5-16(17)18/h3-12H,1-2H3,(H,21,23). The zero-order valence-electron chi connectivity index (χ0n) is 13.5. The molecule has 0 bridgehead atoms. The molecule has 3 aromatic carbocycles. The fourth-order valence-corrected chi connectivity index (χ4v) is 2.63. The van der Waals surface area contributed by atoms with Crippen LogP contribution in [-0.4, -0.2) is 18.8 Å². The van der Waals surface area contributed by atoms with Crippen LogP contribution in [0.5, 0.6) is 5.75 Å². The topological polar surface area (TPSA) is 55.4 Å². The van der Waals surface area contributed by atoms with Crippen LogP contribution < -0.4 is 10.1 Å². The third-order valence-corrected chi connectivity index (χ3v) is 3.90. The monoisotopic (exact) mass is 319 g/mol. The number of hydrogen-bond acceptors (Lipinski definition) is 3. The summed E-state index contributed by atoms with van der Waals surface area (Å²) in [6.07, 6.45) is 0. The number of amides is 1. The normalized spacial score (nSPS) is 10.4. The smallest absolute Gasteiger partial charge is 0.256 e. The Kier molecular flexibility index (Phi) is 4.29. The van der Waals surface area contributed by atoms with E-state index in [1.54, 1.807) is 43.5 Å². The molecule has 0 radical (unpaired) electrons. The Morgan fingerprint density at radius 3 is 2.17 bits per heavy atom. The summed E-state index contributed by atoms with van der Waals surface area (Å²) in [6.45, 7) is 1.51. The molecular weight excluding hydrogens is 302 g/mol. The number of hydrogen-bond donors (Lipinski definition) is 1. The Labute approximate surface area is 140 Å². The molecule has 3 aromatic rings. The highest BCUT2D eigenvalue weighted by molar-refractivity contribution is 6.14. The second kappa shape index (κ2) is 6.54. The van der Waals surface area contributed by atoms with Gasteiger partial charge in [0, 0.05) is 22.2 Å². The second-order valence-corrected chi connectivity index (χ2v) is 5.45. The Morgan fingerprint density at radius 1 is 0.875 bits per heavy atom. The lowest BCUT2D eigenvalue weighted by molar-refractivity contribution is 0.101. The summed E-state index contributed by atoms with van der Waals surface area (Å²) in [5, 5.41) is 4.58. The van der Waals surface area contributed by atoms with Crippen molar-refractivity contribution in [2.45, 2.75) is 6.92 Å². The van der Waals surface area contributed by atoms with Gasteiger partial charge in [-0.15, -0.1) is 0 Å². The minimum Gasteiger partial charge on any atom is -0.496 e. The van der Waals surface area contributed by atoms with Crippen LogP contribution in [0, 0.1) is 0 Å². The molecule has 0 saturated heterocycles. The van der Waals surface area contributed by atoms with Crippen molar-refractivity contribution in [3.05, 3.63) is 71.8 Å². The summed E-state index contributed by atoms with van der Waals surface area (Å²) < 4.78 is 5.35. The van der Waals surface area contributed by atoms with Crippen molar-refractivity contribution in [2.24, 2.45) is 0 Å². The van der Waals surface area contributed by atoms with Crippen LogP contribution in [-0.2, 0) is 0 Å². The number of benzene rings is 3. The highest BCUT2D eigenvalue weighted by Crippen LogP contribution is 2.28. The van der Waals surface area contributed by atoms with Gasteiger partial charge >= 0.3 is 0 Å². The predicted molar refractivity (Wildman–Crippen MR) is 94.9 cm³/mol. The number of anilines is 1. The van der Waals surface area contributed by atoms with E-state index in [0.29, 0.717) is 16.8 Å². The molecule has 0 aliphatic rings. The van der Waals surface area contributed by atoms with E-state index in [1.807, 2.05) is 24.3 Å². The number of ether oxygens (including phenoxy) is 1. The number of methoxy groups -OCH3 is 1. The zero-order valence-corrected chi connectivity index (χ0v) is 13.5. The van der Waals surface area contributed by atoms with Crippen LogP contribution in [0.1, 0.15) is 27.6 Å². The van der Waals surface area contributed by atoms with Crippen molar-refractivity contribution in [2.75, 3.05) is 12.4 Å². The molecule has 0 unspecified atom stereocenters. The molecule has 1 amide bonds. The van der Waals surface area contributed by atoms with Gasteiger partial charge in [0.15, 0.2) is 5.78 Å². The average Bonchev–Trinajstić information content (AvgIpc) is 2.61. The summed E-state index contributed by atoms with van der Waals surface area (Å²) in [7, 11) is 1.61. The van der Waals surface area contributed by atoms with Gasteiger partial charge < -0.3 is 10.1 Å². The van der Waals surface area contributed by atoms with Crippen molar-refractivity contribution in [1.82, 2.24) is 0 Å². The van der Waals surface area contributed by atoms with Crippen LogP contribution in [0.25, 0.3) is 10.8 Å². The fourth-order valence-electron chi connectivity index (χ4n) is 2.63. The first-order valence-electron chi connectivity index (χ1n) is 7.58. The molecule has 0 aliphatic heterocycles. The van der Waals surface area contributed by atoms with E-state index in [9.17, 15) is 9.59 Å². The molecule has 4 heteroatoms. The quantitative estimate of drug-likeness (QED) is 0.729. The van der Waals surface area contributed by atoms with Crippen molar-refractivity contribution in [3.63, 3.8) is 0 Å². The minimum atomic E-state index is -0.204. The molecule has 4 nitrogen and oxygen atoms in total. The van der Waals surface area contributed by atoms with Gasteiger partial charge in [0.05, 0.1) is 7.11 Å². The highest BCUT2D eigenvalue weighted by atomic mass is 16.5. The van der Waals surface area contributed by atoms with Gasteiger partial charge in [-0.25, -0.2) is 0 Å². The lowest BCUT2D eigenvalue weighted by Gasteiger charge is -2.11. The molecule has 24 heavy (non-hydrogen) atoms. The summed E-state index contributed by atoms with van der Waals surface area (Å²) in [5.74, 6) is 0.520. The fraction of sp³-hybridized carbons (Fsp3) is 0.100. The van der Waals surface area contributed by atoms with Crippen molar-refractivity contribution < 1.29 is 14.3 Å². The lowest BCUT2D eigenvalue weighted by Crippen LogP contribution is -2.12. The van der Waals surface area contributed by atoms with Crippen LogP contribution in [0.3, 0.4) is 0 Å². The van der Waals surface area contributed by atoms with Crippen molar-refractivity contribution in [3.8, 4) is 5.75 Å². The van der Waals surface area contributed by atoms with Crippen LogP contribution in [0.4, 0.5) is 5.69 Å². The zero-order chi connectivity index (χ0) is 17.1. The largest absolute Gasteiger partial charge is 0.496 e. The van der Waals surface area contributed by atoms with Gasteiger partial charge in [-0.3, -0.25) is 9.59 Å². The van der Waals surface area contributed by atoms with Crippen molar-refractivity contribution >= 4 is 28.2 Å². The van der Waals surface area contributed by atoms with E-state index in [1.165, 1.54) is 6.92 Å². The second-order valence-electron chi connectivity index (χ2n) is 5.45. The molecule has 0 aromatic heterocycles. The number of nitrogens with one attached hydrogen (secondary N) is 1. The Hall–Kier alpha value is -3.14. The van der Waals surface area contributed by atoms with E-state index in [0.717, 1.165) is 16.5 Å². The first-order valence-corrected chi connectivity index (χ1v) is 7.58. The third kappa shape index (κ3) is 2.99. The van der Waals surface area contributed by atoms with Crippen LogP contribution in [0.15, 0.2) is 60.7 Å². The van der Waals surface area contributed by atoms with Gasteiger partial charge in [0.1, 0.15) is 5.75 Å². The Balaban J connectivity index is 1.93. The maximum Gasteiger partial charge on any atom is 0.256 e. The molecule has 1 N–H and O–H groups in total. The maximum absolute atomic E-state index is 12.6. The van der Waals surface area contributed by atoms with E-state index in [-0.39, 0.29) is 11.7 Å². The third-order valence-electron chi connectivity index (χ3n) is 3.90. The molecule has 0 aliphatic carbocycles. The molecule has 0 heterocycles. The first kappa shape index (κ1) is 15.7. The highest BCUT2D eigenvalue weighted by Gasteiger charge is 2.13. The number of carbonyl (C=O) groups is 2. The number of Topliss-reactive ketones (excluding diaryl/α,β-unsaturated/α-hetero) is 1. The van der Waals surface area contributed by atoms with Gasteiger partial charge in [-0.1, -0.05) is 24.3 Å². The summed E-state index contributed by atoms with van der Waals surface area (Å²) in [6, 6.07) is 18.0. The van der Waals surface area contributed by atoms with Gasteiger partial charge in [0.25, 0.3) is 5.91 Å². The molecule has 0 spiro atoms. The van der Waals surface area contributed by atoms with Crippen molar-refractivity contribution in [1.29, 1.82) is 0 Å². The van der Waals surface area contributed by atoms with E-state index >= 15 is 0 Å². The molecule has 0 saturated carbocycles. The minimum absolute atomic E-state index is 0.00553. The van der Waals surface area contributed by atoms with Crippen LogP contribution in [0.2, 0.25) is 0 Å². The number of rotatable bonds is 4. The summed E-state index contributed by atoms with van der Waals surface area (Å²) in [5.41, 5.74) is 1.83. The first-order chi connectivity index (χ1) is 11.6. The molecule has 3 rings (SSSR count). The summed E-state index contributed by atoms with van der Waals surface area (Å²) >= 11 is 0. The number of fused-ring (bicyclic) bond motifs is 1. The van der Waals surface area contributed by atoms with E-state index < -0.39 is 0 Å².